The summed E-state index contributed by atoms with van der Waals surface area (Å²) in [4.78, 5) is 18.5. The summed E-state index contributed by atoms with van der Waals surface area (Å²) in [6, 6.07) is 2.42. The van der Waals surface area contributed by atoms with Gasteiger partial charge in [-0.3, -0.25) is 4.68 Å². The second-order valence-corrected chi connectivity index (χ2v) is 6.67. The van der Waals surface area contributed by atoms with Gasteiger partial charge in [-0.15, -0.1) is 0 Å². The van der Waals surface area contributed by atoms with Crippen LogP contribution in [0.2, 0.25) is 0 Å². The first-order valence-corrected chi connectivity index (χ1v) is 8.36. The molecule has 0 bridgehead atoms. The predicted octanol–water partition coefficient (Wildman–Crippen LogP) is 1.80. The van der Waals surface area contributed by atoms with Crippen molar-refractivity contribution in [2.75, 3.05) is 40.3 Å². The van der Waals surface area contributed by atoms with Crippen LogP contribution >= 0.6 is 0 Å². The van der Waals surface area contributed by atoms with Gasteiger partial charge in [0, 0.05) is 33.4 Å². The van der Waals surface area contributed by atoms with E-state index in [4.69, 9.17) is 0 Å². The highest BCUT2D eigenvalue weighted by atomic mass is 16.2. The van der Waals surface area contributed by atoms with Gasteiger partial charge in [0.15, 0.2) is 0 Å². The zero-order valence-corrected chi connectivity index (χ0v) is 13.7. The van der Waals surface area contributed by atoms with E-state index in [9.17, 15) is 4.79 Å². The molecule has 1 aromatic rings. The SMILES string of the molecule is CN(C)C(=O)N1Cc2ccnn2[C@@H](CCN2CCCCC2)C1. The first-order valence-electron chi connectivity index (χ1n) is 8.36. The minimum Gasteiger partial charge on any atom is -0.331 e. The molecule has 2 amide bonds. The Kier molecular flexibility index (Phi) is 4.66. The summed E-state index contributed by atoms with van der Waals surface area (Å²) in [5, 5.41) is 4.49. The zero-order valence-electron chi connectivity index (χ0n) is 13.7. The topological polar surface area (TPSA) is 44.6 Å². The van der Waals surface area contributed by atoms with Crippen molar-refractivity contribution >= 4 is 6.03 Å². The fraction of sp³-hybridized carbons (Fsp3) is 0.750. The Balaban J connectivity index is 1.65. The normalized spacial score (nSPS) is 22.5. The predicted molar refractivity (Wildman–Crippen MR) is 85.7 cm³/mol. The number of piperidine rings is 1. The maximum atomic E-state index is 12.3. The van der Waals surface area contributed by atoms with E-state index in [1.807, 2.05) is 31.3 Å². The fourth-order valence-corrected chi connectivity index (χ4v) is 3.54. The van der Waals surface area contributed by atoms with E-state index < -0.39 is 0 Å². The van der Waals surface area contributed by atoms with Gasteiger partial charge in [-0.1, -0.05) is 6.42 Å². The van der Waals surface area contributed by atoms with Gasteiger partial charge in [0.2, 0.25) is 0 Å². The molecule has 3 heterocycles. The van der Waals surface area contributed by atoms with Crippen LogP contribution in [0.25, 0.3) is 0 Å². The van der Waals surface area contributed by atoms with Crippen molar-refractivity contribution in [3.05, 3.63) is 18.0 Å². The number of aromatic nitrogens is 2. The van der Waals surface area contributed by atoms with Crippen LogP contribution in [0.1, 0.15) is 37.4 Å². The maximum absolute atomic E-state index is 12.3. The molecule has 0 spiro atoms. The molecule has 1 saturated heterocycles. The van der Waals surface area contributed by atoms with E-state index in [1.165, 1.54) is 32.4 Å². The summed E-state index contributed by atoms with van der Waals surface area (Å²) in [6.45, 7) is 4.97. The number of nitrogens with zero attached hydrogens (tertiary/aromatic N) is 5. The lowest BCUT2D eigenvalue weighted by Gasteiger charge is -2.36. The standard InChI is InChI=1S/C16H27N5O/c1-18(2)16(22)20-12-14-6-8-17-21(14)15(13-20)7-11-19-9-4-3-5-10-19/h6,8,15H,3-5,7,9-13H2,1-2H3/t15-/m0/s1. The molecule has 0 N–H and O–H groups in total. The average Bonchev–Trinajstić information content (AvgIpc) is 3.01. The molecule has 1 aromatic heterocycles. The first-order chi connectivity index (χ1) is 10.6. The molecule has 0 unspecified atom stereocenters. The third kappa shape index (κ3) is 3.27. The Hall–Kier alpha value is -1.56. The molecule has 3 rings (SSSR count). The van der Waals surface area contributed by atoms with E-state index >= 15 is 0 Å². The van der Waals surface area contributed by atoms with Crippen LogP contribution in [0.4, 0.5) is 4.79 Å². The quantitative estimate of drug-likeness (QED) is 0.855. The van der Waals surface area contributed by atoms with Crippen molar-refractivity contribution in [2.24, 2.45) is 0 Å². The molecule has 0 radical (unpaired) electrons. The van der Waals surface area contributed by atoms with E-state index in [2.05, 4.69) is 14.7 Å². The van der Waals surface area contributed by atoms with Crippen LogP contribution in [0.15, 0.2) is 12.3 Å². The molecule has 6 nitrogen and oxygen atoms in total. The van der Waals surface area contributed by atoms with Crippen molar-refractivity contribution in [3.8, 4) is 0 Å². The lowest BCUT2D eigenvalue weighted by molar-refractivity contribution is 0.132. The van der Waals surface area contributed by atoms with Gasteiger partial charge < -0.3 is 14.7 Å². The molecule has 0 aromatic carbocycles. The first kappa shape index (κ1) is 15.3. The van der Waals surface area contributed by atoms with Crippen molar-refractivity contribution in [2.45, 2.75) is 38.3 Å². The number of amides is 2. The van der Waals surface area contributed by atoms with E-state index in [-0.39, 0.29) is 6.03 Å². The molecule has 2 aliphatic heterocycles. The van der Waals surface area contributed by atoms with E-state index in [0.717, 1.165) is 25.2 Å². The Labute approximate surface area is 132 Å². The molecule has 2 aliphatic rings. The third-order valence-electron chi connectivity index (χ3n) is 4.76. The van der Waals surface area contributed by atoms with Gasteiger partial charge in [0.1, 0.15) is 0 Å². The summed E-state index contributed by atoms with van der Waals surface area (Å²) in [5.41, 5.74) is 1.14. The Morgan fingerprint density at radius 2 is 2.09 bits per heavy atom. The fourth-order valence-electron chi connectivity index (χ4n) is 3.54. The second kappa shape index (κ2) is 6.69. The number of carbonyl (C=O) groups is 1. The van der Waals surface area contributed by atoms with Gasteiger partial charge >= 0.3 is 6.03 Å². The minimum absolute atomic E-state index is 0.0930. The van der Waals surface area contributed by atoms with Gasteiger partial charge in [-0.05, 0) is 38.4 Å². The minimum atomic E-state index is 0.0930. The van der Waals surface area contributed by atoms with E-state index in [1.54, 1.807) is 4.90 Å². The molecular formula is C16H27N5O. The number of hydrogen-bond donors (Lipinski definition) is 0. The smallest absolute Gasteiger partial charge is 0.319 e. The van der Waals surface area contributed by atoms with Crippen molar-refractivity contribution in [1.29, 1.82) is 0 Å². The number of rotatable bonds is 3. The Morgan fingerprint density at radius 1 is 1.32 bits per heavy atom. The van der Waals surface area contributed by atoms with Gasteiger partial charge in [-0.2, -0.15) is 5.10 Å². The molecule has 1 atom stereocenters. The van der Waals surface area contributed by atoms with Crippen molar-refractivity contribution in [1.82, 2.24) is 24.5 Å². The number of urea groups is 1. The summed E-state index contributed by atoms with van der Waals surface area (Å²) in [7, 11) is 3.63. The van der Waals surface area contributed by atoms with Crippen molar-refractivity contribution < 1.29 is 4.79 Å². The number of fused-ring (bicyclic) bond motifs is 1. The van der Waals surface area contributed by atoms with Gasteiger partial charge in [0.25, 0.3) is 0 Å². The number of likely N-dealkylation sites (tertiary alicyclic amines) is 1. The lowest BCUT2D eigenvalue weighted by Crippen LogP contribution is -2.46. The number of hydrogen-bond acceptors (Lipinski definition) is 3. The van der Waals surface area contributed by atoms with Crippen LogP contribution in [0.5, 0.6) is 0 Å². The van der Waals surface area contributed by atoms with Crippen LogP contribution in [0.3, 0.4) is 0 Å². The van der Waals surface area contributed by atoms with Crippen LogP contribution < -0.4 is 0 Å². The molecule has 0 saturated carbocycles. The van der Waals surface area contributed by atoms with Crippen molar-refractivity contribution in [3.63, 3.8) is 0 Å². The highest BCUT2D eigenvalue weighted by molar-refractivity contribution is 5.74. The van der Waals surface area contributed by atoms with Crippen LogP contribution in [-0.4, -0.2) is 70.8 Å². The van der Waals surface area contributed by atoms with Crippen LogP contribution in [0, 0.1) is 0 Å². The van der Waals surface area contributed by atoms with Gasteiger partial charge in [-0.25, -0.2) is 4.79 Å². The molecule has 22 heavy (non-hydrogen) atoms. The molecular weight excluding hydrogens is 278 g/mol. The number of carbonyl (C=O) groups excluding carboxylic acids is 1. The lowest BCUT2D eigenvalue weighted by atomic mass is 10.1. The highest BCUT2D eigenvalue weighted by Crippen LogP contribution is 2.24. The summed E-state index contributed by atoms with van der Waals surface area (Å²) in [6.07, 6.45) is 6.93. The van der Waals surface area contributed by atoms with Crippen LogP contribution in [-0.2, 0) is 6.54 Å². The monoisotopic (exact) mass is 305 g/mol. The third-order valence-corrected chi connectivity index (χ3v) is 4.76. The van der Waals surface area contributed by atoms with E-state index in [0.29, 0.717) is 12.6 Å². The zero-order chi connectivity index (χ0) is 15.5. The Bertz CT molecular complexity index is 506. The summed E-state index contributed by atoms with van der Waals surface area (Å²) < 4.78 is 2.13. The molecule has 0 aliphatic carbocycles. The average molecular weight is 305 g/mol. The molecule has 1 fully saturated rings. The maximum Gasteiger partial charge on any atom is 0.319 e. The molecule has 122 valence electrons. The summed E-state index contributed by atoms with van der Waals surface area (Å²) in [5.74, 6) is 0. The second-order valence-electron chi connectivity index (χ2n) is 6.67. The Morgan fingerprint density at radius 3 is 2.82 bits per heavy atom. The highest BCUT2D eigenvalue weighted by Gasteiger charge is 2.29. The van der Waals surface area contributed by atoms with Gasteiger partial charge in [0.05, 0.1) is 18.3 Å². The molecule has 6 heteroatoms. The largest absolute Gasteiger partial charge is 0.331 e. The summed E-state index contributed by atoms with van der Waals surface area (Å²) >= 11 is 0.